The fourth-order valence-corrected chi connectivity index (χ4v) is 1.94. The van der Waals surface area contributed by atoms with Crippen molar-refractivity contribution in [2.24, 2.45) is 5.92 Å². The van der Waals surface area contributed by atoms with Gasteiger partial charge < -0.3 is 5.41 Å². The van der Waals surface area contributed by atoms with Crippen LogP contribution in [0.3, 0.4) is 0 Å². The van der Waals surface area contributed by atoms with E-state index in [0.29, 0.717) is 18.1 Å². The molecule has 0 spiro atoms. The van der Waals surface area contributed by atoms with Crippen molar-refractivity contribution < 1.29 is 4.21 Å². The van der Waals surface area contributed by atoms with E-state index in [0.717, 1.165) is 5.75 Å². The fraction of sp³-hybridized carbons (Fsp3) is 0.857. The fourth-order valence-electron chi connectivity index (χ4n) is 0.645. The Morgan fingerprint density at radius 2 is 2.20 bits per heavy atom. The van der Waals surface area contributed by atoms with Gasteiger partial charge in [0.15, 0.2) is 0 Å². The van der Waals surface area contributed by atoms with Crippen LogP contribution in [-0.4, -0.2) is 21.9 Å². The molecule has 1 atom stereocenters. The molecule has 1 N–H and O–H groups in total. The van der Waals surface area contributed by atoms with E-state index >= 15 is 0 Å². The average molecular weight is 161 g/mol. The molecule has 60 valence electrons. The van der Waals surface area contributed by atoms with Gasteiger partial charge in [-0.2, -0.15) is 0 Å². The molecule has 0 aromatic heterocycles. The van der Waals surface area contributed by atoms with Crippen LogP contribution in [0.5, 0.6) is 0 Å². The van der Waals surface area contributed by atoms with E-state index in [2.05, 4.69) is 13.8 Å². The lowest BCUT2D eigenvalue weighted by atomic mass is 10.3. The number of hydrogen-bond donors (Lipinski definition) is 1. The number of rotatable bonds is 5. The Labute approximate surface area is 65.0 Å². The highest BCUT2D eigenvalue weighted by Gasteiger charge is 2.00. The van der Waals surface area contributed by atoms with Crippen LogP contribution >= 0.6 is 0 Å². The average Bonchev–Trinajstić information content (AvgIpc) is 1.82. The summed E-state index contributed by atoms with van der Waals surface area (Å²) in [4.78, 5) is 0. The van der Waals surface area contributed by atoms with Gasteiger partial charge >= 0.3 is 0 Å². The molecule has 0 saturated carbocycles. The van der Waals surface area contributed by atoms with Gasteiger partial charge in [0.2, 0.25) is 0 Å². The third-order valence-corrected chi connectivity index (χ3v) is 2.74. The van der Waals surface area contributed by atoms with Crippen LogP contribution in [0, 0.1) is 11.3 Å². The maximum absolute atomic E-state index is 11.0. The molecule has 0 saturated heterocycles. The van der Waals surface area contributed by atoms with Crippen molar-refractivity contribution in [2.75, 3.05) is 11.5 Å². The smallest absolute Gasteiger partial charge is 0.0284 e. The first-order valence-electron chi connectivity index (χ1n) is 3.50. The summed E-state index contributed by atoms with van der Waals surface area (Å²) in [7, 11) is -0.701. The lowest BCUT2D eigenvalue weighted by Gasteiger charge is -2.01. The van der Waals surface area contributed by atoms with Crippen molar-refractivity contribution in [3.8, 4) is 0 Å². The molecule has 0 aromatic rings. The molecule has 0 aliphatic carbocycles. The van der Waals surface area contributed by atoms with Gasteiger partial charge in [-0.1, -0.05) is 13.8 Å². The maximum atomic E-state index is 11.0. The van der Waals surface area contributed by atoms with E-state index in [1.54, 1.807) is 0 Å². The van der Waals surface area contributed by atoms with Crippen molar-refractivity contribution in [2.45, 2.75) is 20.3 Å². The van der Waals surface area contributed by atoms with Crippen molar-refractivity contribution in [3.05, 3.63) is 0 Å². The standard InChI is InChI=1S/C7H15NOS/c1-7(2)6-10(9)5-3-4-8/h4,7-8H,3,5-6H2,1-2H3. The molecule has 10 heavy (non-hydrogen) atoms. The molecule has 0 radical (unpaired) electrons. The first-order valence-corrected chi connectivity index (χ1v) is 4.99. The molecule has 0 aromatic carbocycles. The molecular formula is C7H15NOS. The molecule has 0 heterocycles. The van der Waals surface area contributed by atoms with E-state index in [1.165, 1.54) is 6.21 Å². The Morgan fingerprint density at radius 1 is 1.60 bits per heavy atom. The van der Waals surface area contributed by atoms with Crippen LogP contribution in [0.2, 0.25) is 0 Å². The Hall–Kier alpha value is -0.180. The van der Waals surface area contributed by atoms with Gasteiger partial charge in [0.25, 0.3) is 0 Å². The summed E-state index contributed by atoms with van der Waals surface area (Å²) in [5.74, 6) is 1.93. The summed E-state index contributed by atoms with van der Waals surface area (Å²) in [5, 5.41) is 6.72. The molecule has 2 nitrogen and oxygen atoms in total. The predicted molar refractivity (Wildman–Crippen MR) is 46.1 cm³/mol. The van der Waals surface area contributed by atoms with Crippen molar-refractivity contribution in [3.63, 3.8) is 0 Å². The van der Waals surface area contributed by atoms with Crippen LogP contribution in [0.1, 0.15) is 20.3 Å². The molecule has 0 aliphatic heterocycles. The highest BCUT2D eigenvalue weighted by molar-refractivity contribution is 7.85. The van der Waals surface area contributed by atoms with E-state index in [-0.39, 0.29) is 0 Å². The van der Waals surface area contributed by atoms with Crippen LogP contribution in [0.4, 0.5) is 0 Å². The van der Waals surface area contributed by atoms with Gasteiger partial charge in [0.1, 0.15) is 0 Å². The van der Waals surface area contributed by atoms with Gasteiger partial charge in [-0.3, -0.25) is 4.21 Å². The molecule has 0 fully saturated rings. The van der Waals surface area contributed by atoms with E-state index < -0.39 is 10.8 Å². The SMILES string of the molecule is CC(C)CS(=O)CCC=N. The summed E-state index contributed by atoms with van der Waals surface area (Å²) in [6, 6.07) is 0. The normalized spacial score (nSPS) is 13.5. The highest BCUT2D eigenvalue weighted by Crippen LogP contribution is 1.96. The zero-order valence-corrected chi connectivity index (χ0v) is 7.41. The van der Waals surface area contributed by atoms with Gasteiger partial charge in [-0.15, -0.1) is 0 Å². The van der Waals surface area contributed by atoms with E-state index in [4.69, 9.17) is 5.41 Å². The predicted octanol–water partition coefficient (Wildman–Crippen LogP) is 1.43. The summed E-state index contributed by atoms with van der Waals surface area (Å²) in [6.45, 7) is 4.12. The van der Waals surface area contributed by atoms with Crippen LogP contribution in [0.25, 0.3) is 0 Å². The first kappa shape index (κ1) is 9.82. The Balaban J connectivity index is 3.34. The van der Waals surface area contributed by atoms with E-state index in [9.17, 15) is 4.21 Å². The molecule has 0 aliphatic rings. The number of hydrogen-bond acceptors (Lipinski definition) is 2. The second kappa shape index (κ2) is 5.59. The third kappa shape index (κ3) is 5.95. The summed E-state index contributed by atoms with van der Waals surface area (Å²) in [6.07, 6.45) is 1.97. The maximum Gasteiger partial charge on any atom is 0.0284 e. The lowest BCUT2D eigenvalue weighted by Crippen LogP contribution is -2.07. The van der Waals surface area contributed by atoms with Crippen molar-refractivity contribution in [1.29, 1.82) is 5.41 Å². The topological polar surface area (TPSA) is 40.9 Å². The van der Waals surface area contributed by atoms with Gasteiger partial charge in [-0.05, 0) is 18.6 Å². The third-order valence-electron chi connectivity index (χ3n) is 1.01. The highest BCUT2D eigenvalue weighted by atomic mass is 32.2. The molecule has 0 bridgehead atoms. The molecule has 0 amide bonds. The van der Waals surface area contributed by atoms with Crippen LogP contribution in [-0.2, 0) is 10.8 Å². The quantitative estimate of drug-likeness (QED) is 0.609. The molecular weight excluding hydrogens is 146 g/mol. The molecule has 1 unspecified atom stereocenters. The molecule has 3 heteroatoms. The summed E-state index contributed by atoms with van der Waals surface area (Å²) < 4.78 is 11.0. The van der Waals surface area contributed by atoms with Crippen LogP contribution in [0.15, 0.2) is 0 Å². The van der Waals surface area contributed by atoms with Gasteiger partial charge in [0, 0.05) is 22.3 Å². The molecule has 0 rings (SSSR count). The van der Waals surface area contributed by atoms with Gasteiger partial charge in [-0.25, -0.2) is 0 Å². The largest absolute Gasteiger partial charge is 0.313 e. The minimum atomic E-state index is -0.701. The van der Waals surface area contributed by atoms with Crippen molar-refractivity contribution in [1.82, 2.24) is 0 Å². The van der Waals surface area contributed by atoms with Crippen LogP contribution < -0.4 is 0 Å². The number of nitrogens with one attached hydrogen (secondary N) is 1. The lowest BCUT2D eigenvalue weighted by molar-refractivity contribution is 0.665. The minimum Gasteiger partial charge on any atom is -0.313 e. The second-order valence-electron chi connectivity index (χ2n) is 2.70. The van der Waals surface area contributed by atoms with E-state index in [1.807, 2.05) is 0 Å². The Morgan fingerprint density at radius 3 is 2.60 bits per heavy atom. The summed E-state index contributed by atoms with van der Waals surface area (Å²) in [5.41, 5.74) is 0. The second-order valence-corrected chi connectivity index (χ2v) is 4.32. The Kier molecular flexibility index (Phi) is 5.49. The Bertz CT molecular complexity index is 123. The summed E-state index contributed by atoms with van der Waals surface area (Å²) >= 11 is 0. The zero-order valence-electron chi connectivity index (χ0n) is 6.59. The first-order chi connectivity index (χ1) is 4.66. The zero-order chi connectivity index (χ0) is 7.98. The minimum absolute atomic E-state index is 0.506. The monoisotopic (exact) mass is 161 g/mol. The van der Waals surface area contributed by atoms with Crippen molar-refractivity contribution >= 4 is 17.0 Å². The van der Waals surface area contributed by atoms with Gasteiger partial charge in [0.05, 0.1) is 0 Å².